The molecule has 1 aliphatic carbocycles. The van der Waals surface area contributed by atoms with Gasteiger partial charge in [-0.15, -0.1) is 0 Å². The highest BCUT2D eigenvalue weighted by Crippen LogP contribution is 2.27. The Kier molecular flexibility index (Phi) is 7.48. The maximum atomic E-state index is 12.7. The second-order valence-corrected chi connectivity index (χ2v) is 7.87. The lowest BCUT2D eigenvalue weighted by Crippen LogP contribution is -2.40. The summed E-state index contributed by atoms with van der Waals surface area (Å²) in [5, 5.41) is 29.7. The number of benzene rings is 1. The molecule has 6 nitrogen and oxygen atoms in total. The highest BCUT2D eigenvalue weighted by molar-refractivity contribution is 6.34. The van der Waals surface area contributed by atoms with Gasteiger partial charge in [0.2, 0.25) is 0 Å². The largest absolute Gasteiger partial charge is 0.396 e. The van der Waals surface area contributed by atoms with Crippen molar-refractivity contribution in [1.82, 2.24) is 15.5 Å². The van der Waals surface area contributed by atoms with Crippen molar-refractivity contribution in [3.63, 3.8) is 0 Å². The summed E-state index contributed by atoms with van der Waals surface area (Å²) in [4.78, 5) is 12.7. The fraction of sp³-hybridized carbons (Fsp3) is 0.524. The van der Waals surface area contributed by atoms with Crippen molar-refractivity contribution in [2.24, 2.45) is 5.92 Å². The molecule has 1 aliphatic rings. The zero-order valence-electron chi connectivity index (χ0n) is 16.0. The lowest BCUT2D eigenvalue weighted by Gasteiger charge is -2.25. The highest BCUT2D eigenvalue weighted by Gasteiger charge is 2.23. The van der Waals surface area contributed by atoms with Gasteiger partial charge in [0.1, 0.15) is 6.23 Å². The lowest BCUT2D eigenvalue weighted by molar-refractivity contribution is 0.0497. The summed E-state index contributed by atoms with van der Waals surface area (Å²) < 4.78 is 0. The second kappa shape index (κ2) is 10.0. The lowest BCUT2D eigenvalue weighted by atomic mass is 9.90. The van der Waals surface area contributed by atoms with Crippen LogP contribution in [-0.4, -0.2) is 39.2 Å². The number of aliphatic hydroxyl groups is 2. The zero-order valence-corrected chi connectivity index (χ0v) is 16.7. The Balaban J connectivity index is 1.71. The molecule has 1 aromatic heterocycles. The Morgan fingerprint density at radius 3 is 2.64 bits per heavy atom. The minimum atomic E-state index is -0.867. The Labute approximate surface area is 170 Å². The van der Waals surface area contributed by atoms with Gasteiger partial charge in [-0.1, -0.05) is 49.8 Å². The molecule has 0 saturated heterocycles. The van der Waals surface area contributed by atoms with Crippen LogP contribution in [0.2, 0.25) is 5.02 Å². The number of carbonyl (C=O) groups is 1. The van der Waals surface area contributed by atoms with Gasteiger partial charge in [0.15, 0.2) is 0 Å². The van der Waals surface area contributed by atoms with Crippen molar-refractivity contribution in [1.29, 1.82) is 0 Å². The van der Waals surface area contributed by atoms with Gasteiger partial charge in [-0.25, -0.2) is 0 Å². The minimum absolute atomic E-state index is 0.0254. The molecule has 7 heteroatoms. The number of nitrogens with zero attached hydrogens (tertiary/aromatic N) is 1. The van der Waals surface area contributed by atoms with Crippen molar-refractivity contribution in [3.05, 3.63) is 40.5 Å². The van der Waals surface area contributed by atoms with E-state index >= 15 is 0 Å². The van der Waals surface area contributed by atoms with E-state index < -0.39 is 6.23 Å². The van der Waals surface area contributed by atoms with Gasteiger partial charge in [-0.2, -0.15) is 5.10 Å². The molecule has 1 fully saturated rings. The smallest absolute Gasteiger partial charge is 0.254 e. The molecule has 4 N–H and O–H groups in total. The van der Waals surface area contributed by atoms with Crippen molar-refractivity contribution in [2.75, 3.05) is 6.61 Å². The number of hydrogen-bond acceptors (Lipinski definition) is 4. The number of carbonyl (C=O) groups excluding carboxylic acids is 1. The third kappa shape index (κ3) is 5.34. The molecule has 0 radical (unpaired) electrons. The van der Waals surface area contributed by atoms with Gasteiger partial charge in [0.25, 0.3) is 5.91 Å². The molecule has 1 unspecified atom stereocenters. The molecule has 152 valence electrons. The van der Waals surface area contributed by atoms with Crippen molar-refractivity contribution in [3.8, 4) is 11.3 Å². The fourth-order valence-corrected chi connectivity index (χ4v) is 3.96. The van der Waals surface area contributed by atoms with Gasteiger partial charge >= 0.3 is 0 Å². The molecular weight excluding hydrogens is 378 g/mol. The number of H-pyrrole nitrogens is 1. The van der Waals surface area contributed by atoms with Crippen molar-refractivity contribution in [2.45, 2.75) is 57.6 Å². The quantitative estimate of drug-likeness (QED) is 0.551. The fourth-order valence-electron chi connectivity index (χ4n) is 3.75. The summed E-state index contributed by atoms with van der Waals surface area (Å²) in [5.74, 6) is -0.295. The molecule has 28 heavy (non-hydrogen) atoms. The van der Waals surface area contributed by atoms with Gasteiger partial charge in [0.05, 0.1) is 22.0 Å². The molecule has 1 atom stereocenters. The summed E-state index contributed by atoms with van der Waals surface area (Å²) in [6.45, 7) is 0.0254. The van der Waals surface area contributed by atoms with E-state index in [4.69, 9.17) is 16.7 Å². The number of rotatable bonds is 6. The number of nitrogens with one attached hydrogen (secondary N) is 2. The summed E-state index contributed by atoms with van der Waals surface area (Å²) >= 11 is 6.25. The molecule has 0 spiro atoms. The SMILES string of the molecule is O=C(NC(O)C1CCCCCCC1)c1cc(-c2cc(CCO)n[nH]2)ccc1Cl. The summed E-state index contributed by atoms with van der Waals surface area (Å²) in [6.07, 6.45) is 7.26. The number of aliphatic hydroxyl groups excluding tert-OH is 2. The van der Waals surface area contributed by atoms with Crippen LogP contribution in [0.15, 0.2) is 24.3 Å². The van der Waals surface area contributed by atoms with Gasteiger partial charge in [0, 0.05) is 24.5 Å². The van der Waals surface area contributed by atoms with Crippen LogP contribution in [-0.2, 0) is 6.42 Å². The summed E-state index contributed by atoms with van der Waals surface area (Å²) in [5.41, 5.74) is 2.59. The normalized spacial score (nSPS) is 17.0. The average molecular weight is 406 g/mol. The summed E-state index contributed by atoms with van der Waals surface area (Å²) in [7, 11) is 0. The third-order valence-corrected chi connectivity index (χ3v) is 5.73. The molecule has 0 aliphatic heterocycles. The molecule has 3 rings (SSSR count). The van der Waals surface area contributed by atoms with Crippen LogP contribution in [0.5, 0.6) is 0 Å². The Hall–Kier alpha value is -1.89. The maximum absolute atomic E-state index is 12.7. The monoisotopic (exact) mass is 405 g/mol. The van der Waals surface area contributed by atoms with Gasteiger partial charge in [-0.05, 0) is 31.0 Å². The van der Waals surface area contributed by atoms with Crippen LogP contribution in [0.4, 0.5) is 0 Å². The third-order valence-electron chi connectivity index (χ3n) is 5.40. The summed E-state index contributed by atoms with van der Waals surface area (Å²) in [6, 6.07) is 7.00. The molecule has 1 saturated carbocycles. The average Bonchev–Trinajstić information content (AvgIpc) is 3.10. The Morgan fingerprint density at radius 2 is 1.93 bits per heavy atom. The first-order chi connectivity index (χ1) is 13.6. The minimum Gasteiger partial charge on any atom is -0.396 e. The second-order valence-electron chi connectivity index (χ2n) is 7.46. The first-order valence-electron chi connectivity index (χ1n) is 10.0. The van der Waals surface area contributed by atoms with Crippen molar-refractivity contribution < 1.29 is 15.0 Å². The number of aromatic nitrogens is 2. The Morgan fingerprint density at radius 1 is 1.21 bits per heavy atom. The molecule has 1 heterocycles. The van der Waals surface area contributed by atoms with E-state index in [0.29, 0.717) is 17.0 Å². The van der Waals surface area contributed by atoms with E-state index in [1.54, 1.807) is 18.2 Å². The van der Waals surface area contributed by atoms with E-state index in [2.05, 4.69) is 15.5 Å². The van der Waals surface area contributed by atoms with E-state index in [-0.39, 0.29) is 18.4 Å². The van der Waals surface area contributed by atoms with Crippen molar-refractivity contribution >= 4 is 17.5 Å². The van der Waals surface area contributed by atoms with E-state index in [1.165, 1.54) is 19.3 Å². The first kappa shape index (κ1) is 20.8. The van der Waals surface area contributed by atoms with Crippen LogP contribution in [0.1, 0.15) is 61.0 Å². The molecule has 0 bridgehead atoms. The van der Waals surface area contributed by atoms with Crippen LogP contribution < -0.4 is 5.32 Å². The number of aromatic amines is 1. The first-order valence-corrected chi connectivity index (χ1v) is 10.4. The van der Waals surface area contributed by atoms with Crippen LogP contribution >= 0.6 is 11.6 Å². The van der Waals surface area contributed by atoms with E-state index in [0.717, 1.165) is 42.6 Å². The number of amides is 1. The molecule has 2 aromatic rings. The zero-order chi connectivity index (χ0) is 19.9. The molecule has 1 aromatic carbocycles. The maximum Gasteiger partial charge on any atom is 0.254 e. The number of hydrogen-bond donors (Lipinski definition) is 4. The topological polar surface area (TPSA) is 98.2 Å². The predicted octanol–water partition coefficient (Wildman–Crippen LogP) is 3.67. The number of halogens is 1. The van der Waals surface area contributed by atoms with Gasteiger partial charge < -0.3 is 15.5 Å². The van der Waals surface area contributed by atoms with Gasteiger partial charge in [-0.3, -0.25) is 9.89 Å². The van der Waals surface area contributed by atoms with E-state index in [1.807, 2.05) is 6.07 Å². The Bertz CT molecular complexity index is 785. The predicted molar refractivity (Wildman–Crippen MR) is 109 cm³/mol. The standard InChI is InChI=1S/C21H28ClN3O3/c22-18-9-8-15(19-13-16(10-11-26)24-25-19)12-17(18)21(28)23-20(27)14-6-4-2-1-3-5-7-14/h8-9,12-14,20,26-27H,1-7,10-11H2,(H,23,28)(H,24,25). The van der Waals surface area contributed by atoms with Crippen LogP contribution in [0, 0.1) is 5.92 Å². The van der Waals surface area contributed by atoms with Crippen LogP contribution in [0.25, 0.3) is 11.3 Å². The molecule has 1 amide bonds. The van der Waals surface area contributed by atoms with E-state index in [9.17, 15) is 9.90 Å². The molecular formula is C21H28ClN3O3. The highest BCUT2D eigenvalue weighted by atomic mass is 35.5. The van der Waals surface area contributed by atoms with Crippen LogP contribution in [0.3, 0.4) is 0 Å².